The van der Waals surface area contributed by atoms with Crippen molar-refractivity contribution in [3.63, 3.8) is 0 Å². The van der Waals surface area contributed by atoms with E-state index in [0.29, 0.717) is 17.8 Å². The highest BCUT2D eigenvalue weighted by Gasteiger charge is 2.07. The van der Waals surface area contributed by atoms with Crippen molar-refractivity contribution in [2.75, 3.05) is 12.0 Å². The maximum atomic E-state index is 12.7. The third kappa shape index (κ3) is 5.83. The number of hydrogen-bond donors (Lipinski definition) is 1. The molecule has 0 unspecified atom stereocenters. The van der Waals surface area contributed by atoms with Gasteiger partial charge < -0.3 is 10.2 Å². The van der Waals surface area contributed by atoms with Gasteiger partial charge in [-0.1, -0.05) is 63.3 Å². The number of nitrogens with zero attached hydrogens (tertiary/aromatic N) is 2. The van der Waals surface area contributed by atoms with Crippen molar-refractivity contribution < 1.29 is 4.74 Å². The lowest BCUT2D eigenvalue weighted by molar-refractivity contribution is 0.304. The van der Waals surface area contributed by atoms with E-state index >= 15 is 0 Å². The molecular weight excluding hydrogens is 362 g/mol. The second-order valence-corrected chi connectivity index (χ2v) is 7.41. The number of fused-ring (bicyclic) bond motifs is 1. The number of benzene rings is 2. The minimum Gasteiger partial charge on any atom is -0.494 e. The van der Waals surface area contributed by atoms with Crippen molar-refractivity contribution >= 4 is 10.9 Å². The van der Waals surface area contributed by atoms with Gasteiger partial charge in [0, 0.05) is 0 Å². The van der Waals surface area contributed by atoms with Gasteiger partial charge in [0.2, 0.25) is 0 Å². The van der Waals surface area contributed by atoms with Gasteiger partial charge >= 0.3 is 0 Å². The predicted molar refractivity (Wildman–Crippen MR) is 119 cm³/mol. The van der Waals surface area contributed by atoms with Crippen LogP contribution in [0.4, 0.5) is 0 Å². The van der Waals surface area contributed by atoms with E-state index in [9.17, 15) is 4.79 Å². The highest BCUT2D eigenvalue weighted by Crippen LogP contribution is 2.14. The normalized spacial score (nSPS) is 11.0. The number of para-hydroxylation sites is 1. The molecule has 0 aliphatic carbocycles. The zero-order chi connectivity index (χ0) is 20.5. The lowest BCUT2D eigenvalue weighted by Crippen LogP contribution is -2.31. The number of ether oxygens (including phenoxy) is 1. The van der Waals surface area contributed by atoms with Gasteiger partial charge in [0.25, 0.3) is 5.56 Å². The summed E-state index contributed by atoms with van der Waals surface area (Å²) >= 11 is 0. The van der Waals surface area contributed by atoms with Gasteiger partial charge in [-0.25, -0.2) is 9.66 Å². The molecule has 0 bridgehead atoms. The minimum absolute atomic E-state index is 0.0769. The van der Waals surface area contributed by atoms with Crippen LogP contribution in [-0.2, 0) is 6.54 Å². The van der Waals surface area contributed by atoms with Gasteiger partial charge in [-0.05, 0) is 43.2 Å². The Morgan fingerprint density at radius 3 is 2.48 bits per heavy atom. The molecule has 0 saturated carbocycles. The van der Waals surface area contributed by atoms with Crippen LogP contribution >= 0.6 is 0 Å². The fraction of sp³-hybridized carbons (Fsp3) is 0.417. The lowest BCUT2D eigenvalue weighted by Gasteiger charge is -2.13. The first kappa shape index (κ1) is 20.9. The Morgan fingerprint density at radius 2 is 1.69 bits per heavy atom. The zero-order valence-electron chi connectivity index (χ0n) is 17.5. The van der Waals surface area contributed by atoms with Crippen LogP contribution in [0.15, 0.2) is 53.3 Å². The van der Waals surface area contributed by atoms with Crippen molar-refractivity contribution in [2.24, 2.45) is 0 Å². The van der Waals surface area contributed by atoms with Crippen LogP contribution in [0.2, 0.25) is 0 Å². The molecule has 0 atom stereocenters. The van der Waals surface area contributed by atoms with E-state index in [1.54, 1.807) is 6.07 Å². The summed E-state index contributed by atoms with van der Waals surface area (Å²) < 4.78 is 7.35. The summed E-state index contributed by atoms with van der Waals surface area (Å²) in [5.74, 6) is 1.54. The fourth-order valence-corrected chi connectivity index (χ4v) is 3.38. The summed E-state index contributed by atoms with van der Waals surface area (Å²) in [6, 6.07) is 15.4. The first-order valence-corrected chi connectivity index (χ1v) is 10.6. The van der Waals surface area contributed by atoms with Crippen molar-refractivity contribution in [1.29, 1.82) is 0 Å². The maximum Gasteiger partial charge on any atom is 0.279 e. The molecular formula is C24H31N3O2. The molecule has 1 heterocycles. The Balaban J connectivity index is 1.51. The Labute approximate surface area is 172 Å². The first-order chi connectivity index (χ1) is 14.2. The van der Waals surface area contributed by atoms with E-state index < -0.39 is 0 Å². The van der Waals surface area contributed by atoms with E-state index in [-0.39, 0.29) is 5.56 Å². The fourth-order valence-electron chi connectivity index (χ4n) is 3.38. The summed E-state index contributed by atoms with van der Waals surface area (Å²) in [5.41, 5.74) is 4.91. The summed E-state index contributed by atoms with van der Waals surface area (Å²) in [5, 5.41) is 0.615. The van der Waals surface area contributed by atoms with Gasteiger partial charge in [-0.3, -0.25) is 4.79 Å². The van der Waals surface area contributed by atoms with E-state index in [0.717, 1.165) is 29.9 Å². The van der Waals surface area contributed by atoms with Crippen LogP contribution in [-0.4, -0.2) is 16.3 Å². The second kappa shape index (κ2) is 10.6. The molecule has 5 nitrogen and oxygen atoms in total. The molecule has 0 aliphatic rings. The van der Waals surface area contributed by atoms with Crippen molar-refractivity contribution in [3.05, 3.63) is 70.3 Å². The molecule has 3 aromatic rings. The molecule has 0 amide bonds. The smallest absolute Gasteiger partial charge is 0.279 e. The Bertz CT molecular complexity index is 964. The second-order valence-electron chi connectivity index (χ2n) is 7.41. The van der Waals surface area contributed by atoms with Gasteiger partial charge in [-0.2, -0.15) is 0 Å². The van der Waals surface area contributed by atoms with Crippen LogP contribution in [0.5, 0.6) is 5.75 Å². The summed E-state index contributed by atoms with van der Waals surface area (Å²) in [6.45, 7) is 5.38. The minimum atomic E-state index is -0.0769. The maximum absolute atomic E-state index is 12.7. The molecule has 5 heteroatoms. The topological polar surface area (TPSA) is 56.1 Å². The number of rotatable bonds is 11. The molecule has 0 aliphatic heterocycles. The Morgan fingerprint density at radius 1 is 0.966 bits per heavy atom. The number of hydrogen-bond acceptors (Lipinski definition) is 4. The molecule has 0 spiro atoms. The van der Waals surface area contributed by atoms with E-state index in [2.05, 4.69) is 17.3 Å². The highest BCUT2D eigenvalue weighted by molar-refractivity contribution is 5.77. The SMILES string of the molecule is CCCCCCCCOc1ccc(CNn2c(C)nc3ccccc3c2=O)cc1. The van der Waals surface area contributed by atoms with Gasteiger partial charge in [0.15, 0.2) is 0 Å². The Hall–Kier alpha value is -2.82. The standard InChI is InChI=1S/C24H31N3O2/c1-3-4-5-6-7-10-17-29-21-15-13-20(14-16-21)18-25-27-19(2)26-23-12-9-8-11-22(23)24(27)28/h8-9,11-16,25H,3-7,10,17-18H2,1-2H3. The van der Waals surface area contributed by atoms with Crippen LogP contribution < -0.4 is 15.7 Å². The van der Waals surface area contributed by atoms with Crippen LogP contribution in [0.3, 0.4) is 0 Å². The quantitative estimate of drug-likeness (QED) is 0.456. The van der Waals surface area contributed by atoms with E-state index in [1.165, 1.54) is 36.8 Å². The molecule has 0 radical (unpaired) electrons. The molecule has 2 aromatic carbocycles. The molecule has 29 heavy (non-hydrogen) atoms. The molecule has 1 aromatic heterocycles. The molecule has 0 fully saturated rings. The third-order valence-corrected chi connectivity index (χ3v) is 5.07. The molecule has 0 saturated heterocycles. The summed E-state index contributed by atoms with van der Waals surface area (Å²) in [7, 11) is 0. The van der Waals surface area contributed by atoms with Crippen molar-refractivity contribution in [3.8, 4) is 5.75 Å². The van der Waals surface area contributed by atoms with Crippen molar-refractivity contribution in [2.45, 2.75) is 58.9 Å². The molecule has 3 rings (SSSR count). The van der Waals surface area contributed by atoms with Gasteiger partial charge in [0.1, 0.15) is 11.6 Å². The monoisotopic (exact) mass is 393 g/mol. The average Bonchev–Trinajstić information content (AvgIpc) is 2.74. The number of nitrogens with one attached hydrogen (secondary N) is 1. The first-order valence-electron chi connectivity index (χ1n) is 10.6. The van der Waals surface area contributed by atoms with Crippen LogP contribution in [0, 0.1) is 6.92 Å². The van der Waals surface area contributed by atoms with Crippen molar-refractivity contribution in [1.82, 2.24) is 9.66 Å². The average molecular weight is 394 g/mol. The number of aryl methyl sites for hydroxylation is 1. The molecule has 154 valence electrons. The number of aromatic nitrogens is 2. The Kier molecular flexibility index (Phi) is 7.68. The van der Waals surface area contributed by atoms with Crippen LogP contribution in [0.1, 0.15) is 56.8 Å². The predicted octanol–water partition coefficient (Wildman–Crippen LogP) is 5.19. The van der Waals surface area contributed by atoms with Gasteiger partial charge in [-0.15, -0.1) is 0 Å². The third-order valence-electron chi connectivity index (χ3n) is 5.07. The zero-order valence-corrected chi connectivity index (χ0v) is 17.5. The summed E-state index contributed by atoms with van der Waals surface area (Å²) in [4.78, 5) is 17.2. The summed E-state index contributed by atoms with van der Waals surface area (Å²) in [6.07, 6.45) is 7.57. The highest BCUT2D eigenvalue weighted by atomic mass is 16.5. The van der Waals surface area contributed by atoms with Crippen LogP contribution in [0.25, 0.3) is 10.9 Å². The van der Waals surface area contributed by atoms with Gasteiger partial charge in [0.05, 0.1) is 24.1 Å². The van der Waals surface area contributed by atoms with E-state index in [1.807, 2.05) is 49.4 Å². The van der Waals surface area contributed by atoms with E-state index in [4.69, 9.17) is 4.74 Å². The largest absolute Gasteiger partial charge is 0.494 e. The lowest BCUT2D eigenvalue weighted by atomic mass is 10.1. The number of unbranched alkanes of at least 4 members (excludes halogenated alkanes) is 5. The molecule has 1 N–H and O–H groups in total.